The number of carbonyl (C=O) groups excluding carboxylic acids is 1. The van der Waals surface area contributed by atoms with Crippen LogP contribution in [-0.2, 0) is 4.79 Å². The lowest BCUT2D eigenvalue weighted by atomic mass is 10.1. The van der Waals surface area contributed by atoms with Crippen LogP contribution < -0.4 is 10.6 Å². The predicted molar refractivity (Wildman–Crippen MR) is 72.1 cm³/mol. The Balaban J connectivity index is 2.25. The molecule has 0 aliphatic rings. The molecule has 0 bridgehead atoms. The summed E-state index contributed by atoms with van der Waals surface area (Å²) in [5, 5.41) is 6.01. The first kappa shape index (κ1) is 13.7. The molecule has 1 aromatic carbocycles. The van der Waals surface area contributed by atoms with E-state index in [1.165, 1.54) is 0 Å². The molecule has 0 heterocycles. The summed E-state index contributed by atoms with van der Waals surface area (Å²) in [5.74, 6) is 0.682. The molecule has 0 saturated heterocycles. The van der Waals surface area contributed by atoms with E-state index in [1.807, 2.05) is 31.2 Å². The van der Waals surface area contributed by atoms with E-state index in [0.717, 1.165) is 24.2 Å². The van der Waals surface area contributed by atoms with Gasteiger partial charge >= 0.3 is 0 Å². The fourth-order valence-corrected chi connectivity index (χ4v) is 1.52. The smallest absolute Gasteiger partial charge is 0.238 e. The van der Waals surface area contributed by atoms with Crippen molar-refractivity contribution in [1.29, 1.82) is 0 Å². The van der Waals surface area contributed by atoms with Crippen molar-refractivity contribution in [2.45, 2.75) is 27.2 Å². The van der Waals surface area contributed by atoms with E-state index < -0.39 is 0 Å². The highest BCUT2D eigenvalue weighted by atomic mass is 16.1. The number of amides is 1. The van der Waals surface area contributed by atoms with Crippen molar-refractivity contribution in [3.05, 3.63) is 29.8 Å². The third-order valence-electron chi connectivity index (χ3n) is 2.49. The number of carbonyl (C=O) groups is 1. The van der Waals surface area contributed by atoms with Crippen molar-refractivity contribution >= 4 is 11.6 Å². The maximum Gasteiger partial charge on any atom is 0.238 e. The second kappa shape index (κ2) is 7.07. The summed E-state index contributed by atoms with van der Waals surface area (Å²) in [5.41, 5.74) is 2.01. The van der Waals surface area contributed by atoms with Crippen LogP contribution in [0.15, 0.2) is 24.3 Å². The Hall–Kier alpha value is -1.35. The van der Waals surface area contributed by atoms with Crippen molar-refractivity contribution in [3.63, 3.8) is 0 Å². The molecule has 0 aliphatic carbocycles. The van der Waals surface area contributed by atoms with Gasteiger partial charge in [0.1, 0.15) is 0 Å². The van der Waals surface area contributed by atoms with Gasteiger partial charge in [0.2, 0.25) is 5.91 Å². The highest BCUT2D eigenvalue weighted by Crippen LogP contribution is 2.08. The number of aryl methyl sites for hydroxylation is 1. The Morgan fingerprint density at radius 1 is 1.35 bits per heavy atom. The third kappa shape index (κ3) is 6.07. The first-order chi connectivity index (χ1) is 8.08. The van der Waals surface area contributed by atoms with Crippen LogP contribution in [0.5, 0.6) is 0 Å². The fraction of sp³-hybridized carbons (Fsp3) is 0.500. The number of anilines is 1. The van der Waals surface area contributed by atoms with Crippen LogP contribution in [-0.4, -0.2) is 19.0 Å². The molecular weight excluding hydrogens is 212 g/mol. The van der Waals surface area contributed by atoms with E-state index >= 15 is 0 Å². The quantitative estimate of drug-likeness (QED) is 0.743. The molecular formula is C14H22N2O. The van der Waals surface area contributed by atoms with Crippen LogP contribution in [0, 0.1) is 12.8 Å². The molecule has 0 fully saturated rings. The van der Waals surface area contributed by atoms with E-state index in [1.54, 1.807) is 0 Å². The summed E-state index contributed by atoms with van der Waals surface area (Å²) in [6.45, 7) is 7.62. The van der Waals surface area contributed by atoms with Gasteiger partial charge in [0.05, 0.1) is 6.54 Å². The number of benzene rings is 1. The Morgan fingerprint density at radius 2 is 2.12 bits per heavy atom. The highest BCUT2D eigenvalue weighted by molar-refractivity contribution is 5.92. The second-order valence-corrected chi connectivity index (χ2v) is 4.78. The average molecular weight is 234 g/mol. The summed E-state index contributed by atoms with van der Waals surface area (Å²) >= 11 is 0. The zero-order valence-electron chi connectivity index (χ0n) is 10.9. The Kier molecular flexibility index (Phi) is 5.70. The van der Waals surface area contributed by atoms with Gasteiger partial charge in [-0.3, -0.25) is 4.79 Å². The molecule has 1 rings (SSSR count). The van der Waals surface area contributed by atoms with E-state index in [2.05, 4.69) is 24.5 Å². The zero-order valence-corrected chi connectivity index (χ0v) is 10.9. The zero-order chi connectivity index (χ0) is 12.7. The minimum absolute atomic E-state index is 0.0133. The van der Waals surface area contributed by atoms with Gasteiger partial charge in [0.25, 0.3) is 0 Å². The van der Waals surface area contributed by atoms with Crippen molar-refractivity contribution in [2.75, 3.05) is 18.4 Å². The third-order valence-corrected chi connectivity index (χ3v) is 2.49. The molecule has 17 heavy (non-hydrogen) atoms. The van der Waals surface area contributed by atoms with Gasteiger partial charge in [-0.2, -0.15) is 0 Å². The minimum atomic E-state index is 0.0133. The molecule has 0 saturated carbocycles. The van der Waals surface area contributed by atoms with Gasteiger partial charge in [-0.1, -0.05) is 26.0 Å². The standard InChI is InChI=1S/C14H22N2O/c1-11(2)7-8-15-10-14(17)16-13-6-4-5-12(3)9-13/h4-6,9,11,15H,7-8,10H2,1-3H3,(H,16,17). The number of nitrogens with one attached hydrogen (secondary N) is 2. The summed E-state index contributed by atoms with van der Waals surface area (Å²) in [6.07, 6.45) is 1.09. The number of hydrogen-bond acceptors (Lipinski definition) is 2. The van der Waals surface area contributed by atoms with Gasteiger partial charge in [0, 0.05) is 5.69 Å². The fourth-order valence-electron chi connectivity index (χ4n) is 1.52. The molecule has 2 N–H and O–H groups in total. The van der Waals surface area contributed by atoms with E-state index in [9.17, 15) is 4.79 Å². The largest absolute Gasteiger partial charge is 0.325 e. The highest BCUT2D eigenvalue weighted by Gasteiger charge is 2.01. The maximum atomic E-state index is 11.6. The number of hydrogen-bond donors (Lipinski definition) is 2. The van der Waals surface area contributed by atoms with Crippen molar-refractivity contribution in [2.24, 2.45) is 5.92 Å². The van der Waals surface area contributed by atoms with Gasteiger partial charge in [0.15, 0.2) is 0 Å². The molecule has 0 radical (unpaired) electrons. The monoisotopic (exact) mass is 234 g/mol. The Bertz CT molecular complexity index is 361. The normalized spacial score (nSPS) is 10.6. The van der Waals surface area contributed by atoms with Crippen LogP contribution in [0.2, 0.25) is 0 Å². The van der Waals surface area contributed by atoms with Crippen LogP contribution >= 0.6 is 0 Å². The maximum absolute atomic E-state index is 11.6. The predicted octanol–water partition coefficient (Wildman–Crippen LogP) is 2.57. The van der Waals surface area contributed by atoms with Gasteiger partial charge in [-0.25, -0.2) is 0 Å². The molecule has 3 heteroatoms. The van der Waals surface area contributed by atoms with Crippen molar-refractivity contribution in [1.82, 2.24) is 5.32 Å². The summed E-state index contributed by atoms with van der Waals surface area (Å²) < 4.78 is 0. The van der Waals surface area contributed by atoms with E-state index in [0.29, 0.717) is 12.5 Å². The van der Waals surface area contributed by atoms with Gasteiger partial charge in [-0.05, 0) is 43.5 Å². The molecule has 3 nitrogen and oxygen atoms in total. The Morgan fingerprint density at radius 3 is 2.76 bits per heavy atom. The summed E-state index contributed by atoms with van der Waals surface area (Å²) in [6, 6.07) is 7.82. The summed E-state index contributed by atoms with van der Waals surface area (Å²) in [7, 11) is 0. The summed E-state index contributed by atoms with van der Waals surface area (Å²) in [4.78, 5) is 11.6. The van der Waals surface area contributed by atoms with Gasteiger partial charge in [-0.15, -0.1) is 0 Å². The van der Waals surface area contributed by atoms with Crippen LogP contribution in [0.3, 0.4) is 0 Å². The van der Waals surface area contributed by atoms with E-state index in [-0.39, 0.29) is 5.91 Å². The van der Waals surface area contributed by atoms with Gasteiger partial charge < -0.3 is 10.6 Å². The first-order valence-electron chi connectivity index (χ1n) is 6.15. The minimum Gasteiger partial charge on any atom is -0.325 e. The lowest BCUT2D eigenvalue weighted by Gasteiger charge is -2.08. The molecule has 94 valence electrons. The molecule has 0 aromatic heterocycles. The van der Waals surface area contributed by atoms with Crippen molar-refractivity contribution in [3.8, 4) is 0 Å². The van der Waals surface area contributed by atoms with Crippen LogP contribution in [0.4, 0.5) is 5.69 Å². The SMILES string of the molecule is Cc1cccc(NC(=O)CNCCC(C)C)c1. The average Bonchev–Trinajstić information content (AvgIpc) is 2.24. The molecule has 1 amide bonds. The Labute approximate surface area is 104 Å². The molecule has 1 aromatic rings. The lowest BCUT2D eigenvalue weighted by molar-refractivity contribution is -0.115. The van der Waals surface area contributed by atoms with Crippen molar-refractivity contribution < 1.29 is 4.79 Å². The van der Waals surface area contributed by atoms with E-state index in [4.69, 9.17) is 0 Å². The molecule has 0 unspecified atom stereocenters. The molecule has 0 atom stereocenters. The van der Waals surface area contributed by atoms with Crippen LogP contribution in [0.25, 0.3) is 0 Å². The lowest BCUT2D eigenvalue weighted by Crippen LogP contribution is -2.29. The molecule has 0 spiro atoms. The number of rotatable bonds is 6. The van der Waals surface area contributed by atoms with Crippen LogP contribution in [0.1, 0.15) is 25.8 Å². The second-order valence-electron chi connectivity index (χ2n) is 4.78. The molecule has 0 aliphatic heterocycles. The topological polar surface area (TPSA) is 41.1 Å². The first-order valence-corrected chi connectivity index (χ1v) is 6.15.